The van der Waals surface area contributed by atoms with Gasteiger partial charge in [0.15, 0.2) is 0 Å². The van der Waals surface area contributed by atoms with Crippen LogP contribution >= 0.6 is 0 Å². The second-order valence-corrected chi connectivity index (χ2v) is 5.53. The van der Waals surface area contributed by atoms with Crippen molar-refractivity contribution in [1.29, 1.82) is 0 Å². The van der Waals surface area contributed by atoms with Gasteiger partial charge >= 0.3 is 0 Å². The lowest BCUT2D eigenvalue weighted by molar-refractivity contribution is 0.000348. The first-order valence-electron chi connectivity index (χ1n) is 7.36. The van der Waals surface area contributed by atoms with Crippen molar-refractivity contribution in [2.45, 2.75) is 51.2 Å². The molecule has 0 fully saturated rings. The van der Waals surface area contributed by atoms with Crippen molar-refractivity contribution in [3.05, 3.63) is 48.3 Å². The van der Waals surface area contributed by atoms with Gasteiger partial charge in [0, 0.05) is 0 Å². The van der Waals surface area contributed by atoms with E-state index >= 15 is 0 Å². The van der Waals surface area contributed by atoms with Crippen LogP contribution in [0.3, 0.4) is 0 Å². The summed E-state index contributed by atoms with van der Waals surface area (Å²) in [6, 6.07) is 6.55. The van der Waals surface area contributed by atoms with Crippen LogP contribution in [0, 0.1) is 5.82 Å². The number of rotatable bonds is 7. The highest BCUT2D eigenvalue weighted by Crippen LogP contribution is 2.32. The highest BCUT2D eigenvalue weighted by atomic mass is 19.1. The van der Waals surface area contributed by atoms with Crippen LogP contribution in [0.4, 0.5) is 4.39 Å². The van der Waals surface area contributed by atoms with Gasteiger partial charge in [0.05, 0.1) is 12.1 Å². The van der Waals surface area contributed by atoms with E-state index in [2.05, 4.69) is 17.0 Å². The van der Waals surface area contributed by atoms with Crippen molar-refractivity contribution in [2.24, 2.45) is 0 Å². The molecule has 1 heterocycles. The van der Waals surface area contributed by atoms with Gasteiger partial charge in [-0.1, -0.05) is 26.0 Å². The van der Waals surface area contributed by atoms with E-state index < -0.39 is 5.60 Å². The topological polar surface area (TPSA) is 50.9 Å². The van der Waals surface area contributed by atoms with Gasteiger partial charge in [0.25, 0.3) is 0 Å². The maximum atomic E-state index is 13.0. The van der Waals surface area contributed by atoms with Crippen molar-refractivity contribution in [3.8, 4) is 0 Å². The molecule has 2 rings (SSSR count). The number of benzene rings is 1. The molecular weight excluding hydrogens is 269 g/mol. The van der Waals surface area contributed by atoms with Crippen LogP contribution in [0.2, 0.25) is 0 Å². The SMILES string of the molecule is CCC(CC(O)(CC)Cn1cncn1)c1ccc(F)cc1. The average molecular weight is 291 g/mol. The Balaban J connectivity index is 2.12. The van der Waals surface area contributed by atoms with Crippen molar-refractivity contribution in [3.63, 3.8) is 0 Å². The van der Waals surface area contributed by atoms with Crippen molar-refractivity contribution in [1.82, 2.24) is 14.8 Å². The van der Waals surface area contributed by atoms with Crippen LogP contribution in [0.1, 0.15) is 44.6 Å². The molecular formula is C16H22FN3O. The van der Waals surface area contributed by atoms with Gasteiger partial charge in [-0.05, 0) is 42.9 Å². The van der Waals surface area contributed by atoms with E-state index in [1.165, 1.54) is 18.5 Å². The fraction of sp³-hybridized carbons (Fsp3) is 0.500. The molecule has 21 heavy (non-hydrogen) atoms. The fourth-order valence-electron chi connectivity index (χ4n) is 2.63. The monoisotopic (exact) mass is 291 g/mol. The summed E-state index contributed by atoms with van der Waals surface area (Å²) in [5.74, 6) is -0.0407. The van der Waals surface area contributed by atoms with Gasteiger partial charge in [-0.2, -0.15) is 5.10 Å². The molecule has 0 saturated carbocycles. The van der Waals surface area contributed by atoms with Gasteiger partial charge in [0.1, 0.15) is 18.5 Å². The van der Waals surface area contributed by atoms with Gasteiger partial charge < -0.3 is 5.11 Å². The number of hydrogen-bond donors (Lipinski definition) is 1. The molecule has 2 aromatic rings. The molecule has 0 aliphatic heterocycles. The number of aliphatic hydroxyl groups is 1. The summed E-state index contributed by atoms with van der Waals surface area (Å²) in [4.78, 5) is 3.91. The normalized spacial score (nSPS) is 15.6. The maximum Gasteiger partial charge on any atom is 0.137 e. The molecule has 2 unspecified atom stereocenters. The summed E-state index contributed by atoms with van der Waals surface area (Å²) in [5.41, 5.74) is 0.215. The summed E-state index contributed by atoms with van der Waals surface area (Å²) in [6.45, 7) is 4.47. The van der Waals surface area contributed by atoms with Crippen LogP contribution in [0.5, 0.6) is 0 Å². The molecule has 1 aromatic carbocycles. The number of hydrogen-bond acceptors (Lipinski definition) is 3. The van der Waals surface area contributed by atoms with Crippen LogP contribution in [-0.2, 0) is 6.54 Å². The summed E-state index contributed by atoms with van der Waals surface area (Å²) in [6.07, 6.45) is 5.22. The third-order valence-corrected chi connectivity index (χ3v) is 4.04. The van der Waals surface area contributed by atoms with E-state index in [4.69, 9.17) is 0 Å². The van der Waals surface area contributed by atoms with Crippen LogP contribution in [-0.4, -0.2) is 25.5 Å². The molecule has 0 aliphatic rings. The van der Waals surface area contributed by atoms with Crippen LogP contribution < -0.4 is 0 Å². The zero-order valence-corrected chi connectivity index (χ0v) is 12.5. The minimum Gasteiger partial charge on any atom is -0.388 e. The molecule has 0 radical (unpaired) electrons. The first kappa shape index (κ1) is 15.6. The lowest BCUT2D eigenvalue weighted by Gasteiger charge is -2.31. The molecule has 4 nitrogen and oxygen atoms in total. The predicted molar refractivity (Wildman–Crippen MR) is 79.3 cm³/mol. The molecule has 0 aliphatic carbocycles. The van der Waals surface area contributed by atoms with Crippen molar-refractivity contribution < 1.29 is 9.50 Å². The lowest BCUT2D eigenvalue weighted by Crippen LogP contribution is -2.35. The van der Waals surface area contributed by atoms with Crippen molar-refractivity contribution >= 4 is 0 Å². The number of nitrogens with zero attached hydrogens (tertiary/aromatic N) is 3. The summed E-state index contributed by atoms with van der Waals surface area (Å²) in [7, 11) is 0. The second-order valence-electron chi connectivity index (χ2n) is 5.53. The highest BCUT2D eigenvalue weighted by molar-refractivity contribution is 5.21. The fourth-order valence-corrected chi connectivity index (χ4v) is 2.63. The largest absolute Gasteiger partial charge is 0.388 e. The van der Waals surface area contributed by atoms with Crippen molar-refractivity contribution in [2.75, 3.05) is 0 Å². The number of aromatic nitrogens is 3. The quantitative estimate of drug-likeness (QED) is 0.852. The minimum atomic E-state index is -0.844. The Kier molecular flexibility index (Phi) is 5.07. The first-order valence-corrected chi connectivity index (χ1v) is 7.36. The smallest absolute Gasteiger partial charge is 0.137 e. The average Bonchev–Trinajstić information content (AvgIpc) is 2.98. The standard InChI is InChI=1S/C16H22FN3O/c1-3-13(14-5-7-15(17)8-6-14)9-16(21,4-2)10-20-12-18-11-19-20/h5-8,11-13,21H,3-4,9-10H2,1-2H3. The lowest BCUT2D eigenvalue weighted by atomic mass is 9.83. The zero-order valence-electron chi connectivity index (χ0n) is 12.5. The van der Waals surface area contributed by atoms with Gasteiger partial charge in [-0.25, -0.2) is 9.37 Å². The Hall–Kier alpha value is -1.75. The Morgan fingerprint density at radius 2 is 2.00 bits per heavy atom. The Labute approximate surface area is 124 Å². The molecule has 1 N–H and O–H groups in total. The molecule has 114 valence electrons. The predicted octanol–water partition coefficient (Wildman–Crippen LogP) is 3.14. The zero-order chi connectivity index (χ0) is 15.3. The summed E-state index contributed by atoms with van der Waals surface area (Å²) in [5, 5.41) is 14.9. The van der Waals surface area contributed by atoms with E-state index in [-0.39, 0.29) is 11.7 Å². The molecule has 0 saturated heterocycles. The molecule has 5 heteroatoms. The molecule has 2 atom stereocenters. The van der Waals surface area contributed by atoms with Crippen LogP contribution in [0.25, 0.3) is 0 Å². The Morgan fingerprint density at radius 1 is 1.29 bits per heavy atom. The molecule has 0 bridgehead atoms. The molecule has 1 aromatic heterocycles. The van der Waals surface area contributed by atoms with Gasteiger partial charge in [-0.15, -0.1) is 0 Å². The Bertz CT molecular complexity index is 541. The van der Waals surface area contributed by atoms with E-state index in [1.54, 1.807) is 23.1 Å². The van der Waals surface area contributed by atoms with E-state index in [0.717, 1.165) is 12.0 Å². The maximum absolute atomic E-state index is 13.0. The number of halogens is 1. The second kappa shape index (κ2) is 6.80. The van der Waals surface area contributed by atoms with E-state index in [0.29, 0.717) is 19.4 Å². The summed E-state index contributed by atoms with van der Waals surface area (Å²) >= 11 is 0. The van der Waals surface area contributed by atoms with Gasteiger partial charge in [0.2, 0.25) is 0 Å². The summed E-state index contributed by atoms with van der Waals surface area (Å²) < 4.78 is 14.7. The van der Waals surface area contributed by atoms with E-state index in [1.807, 2.05) is 6.92 Å². The van der Waals surface area contributed by atoms with E-state index in [9.17, 15) is 9.50 Å². The minimum absolute atomic E-state index is 0.194. The third kappa shape index (κ3) is 4.11. The third-order valence-electron chi connectivity index (χ3n) is 4.04. The highest BCUT2D eigenvalue weighted by Gasteiger charge is 2.29. The van der Waals surface area contributed by atoms with Crippen LogP contribution in [0.15, 0.2) is 36.9 Å². The van der Waals surface area contributed by atoms with Gasteiger partial charge in [-0.3, -0.25) is 4.68 Å². The molecule has 0 spiro atoms. The first-order chi connectivity index (χ1) is 10.1. The Morgan fingerprint density at radius 3 is 2.52 bits per heavy atom. The molecule has 0 amide bonds.